The summed E-state index contributed by atoms with van der Waals surface area (Å²) < 4.78 is 0. The van der Waals surface area contributed by atoms with E-state index >= 15 is 0 Å². The van der Waals surface area contributed by atoms with Crippen LogP contribution >= 0.6 is 8.58 Å². The van der Waals surface area contributed by atoms with Crippen LogP contribution in [0.3, 0.4) is 0 Å². The van der Waals surface area contributed by atoms with E-state index in [1.165, 1.54) is 54.4 Å². The molecule has 0 aliphatic heterocycles. The van der Waals surface area contributed by atoms with Crippen molar-refractivity contribution in [3.63, 3.8) is 0 Å². The van der Waals surface area contributed by atoms with Crippen molar-refractivity contribution in [2.75, 3.05) is 0 Å². The van der Waals surface area contributed by atoms with Gasteiger partial charge in [-0.15, -0.1) is 74.9 Å². The third-order valence-electron chi connectivity index (χ3n) is 6.02. The van der Waals surface area contributed by atoms with E-state index < -0.39 is 0 Å². The maximum Gasteiger partial charge on any atom is 4.00 e. The summed E-state index contributed by atoms with van der Waals surface area (Å²) in [6.45, 7) is 4.33. The average molecular weight is 528 g/mol. The van der Waals surface area contributed by atoms with Gasteiger partial charge in [-0.1, -0.05) is 87.8 Å². The Hall–Kier alpha value is -2.90. The minimum Gasteiger partial charge on any atom is -1.00 e. The van der Waals surface area contributed by atoms with E-state index in [4.69, 9.17) is 0 Å². The van der Waals surface area contributed by atoms with Crippen molar-refractivity contribution in [3.8, 4) is 11.1 Å². The van der Waals surface area contributed by atoms with Gasteiger partial charge in [-0.25, -0.2) is 0 Å². The molecule has 1 atom stereocenters. The molecular weight excluding hydrogens is 501 g/mol. The molecule has 1 unspecified atom stereocenters. The van der Waals surface area contributed by atoms with Gasteiger partial charge in [0.2, 0.25) is 0 Å². The first kappa shape index (κ1) is 29.3. The van der Waals surface area contributed by atoms with Crippen LogP contribution in [0.15, 0.2) is 121 Å². The number of rotatable bonds is 3. The quantitative estimate of drug-likeness (QED) is 0.188. The number of hydrogen-bond acceptors (Lipinski definition) is 0. The summed E-state index contributed by atoms with van der Waals surface area (Å²) >= 11 is 0. The fourth-order valence-electron chi connectivity index (χ4n) is 4.35. The van der Waals surface area contributed by atoms with Gasteiger partial charge in [-0.05, 0) is 23.4 Å². The van der Waals surface area contributed by atoms with Gasteiger partial charge in [0.25, 0.3) is 0 Å². The summed E-state index contributed by atoms with van der Waals surface area (Å²) in [5.41, 5.74) is 5.33. The summed E-state index contributed by atoms with van der Waals surface area (Å²) in [5.74, 6) is 0. The van der Waals surface area contributed by atoms with E-state index in [1.807, 2.05) is 0 Å². The van der Waals surface area contributed by atoms with Gasteiger partial charge in [0.1, 0.15) is 0 Å². The van der Waals surface area contributed by atoms with Crippen LogP contribution in [0.4, 0.5) is 0 Å². The topological polar surface area (TPSA) is 0 Å². The smallest absolute Gasteiger partial charge is 1.00 e. The predicted molar refractivity (Wildman–Crippen MR) is 148 cm³/mol. The van der Waals surface area contributed by atoms with Gasteiger partial charge in [-0.3, -0.25) is 0 Å². The zero-order valence-electron chi connectivity index (χ0n) is 20.3. The number of benzene rings is 4. The van der Waals surface area contributed by atoms with Crippen LogP contribution in [0.25, 0.3) is 32.7 Å². The summed E-state index contributed by atoms with van der Waals surface area (Å²) in [6.07, 6.45) is 0. The monoisotopic (exact) mass is 528 g/mol. The van der Waals surface area contributed by atoms with Crippen molar-refractivity contribution in [2.45, 2.75) is 13.8 Å². The normalized spacial score (nSPS) is 10.3. The second kappa shape index (κ2) is 13.4. The Morgan fingerprint density at radius 2 is 1.28 bits per heavy atom. The first-order chi connectivity index (χ1) is 16.2. The van der Waals surface area contributed by atoms with Gasteiger partial charge >= 0.3 is 21.7 Å². The Morgan fingerprint density at radius 3 is 2.03 bits per heavy atom. The molecule has 0 spiro atoms. The van der Waals surface area contributed by atoms with E-state index in [2.05, 4.69) is 135 Å². The summed E-state index contributed by atoms with van der Waals surface area (Å²) in [5, 5.41) is 8.26. The van der Waals surface area contributed by atoms with Crippen molar-refractivity contribution >= 4 is 40.7 Å². The number of hydrogen-bond donors (Lipinski definition) is 0. The van der Waals surface area contributed by atoms with Crippen molar-refractivity contribution in [1.29, 1.82) is 0 Å². The Labute approximate surface area is 228 Å². The molecule has 0 N–H and O–H groups in total. The Kier molecular flexibility index (Phi) is 10.9. The summed E-state index contributed by atoms with van der Waals surface area (Å²) in [4.78, 5) is 0. The molecule has 36 heavy (non-hydrogen) atoms. The third-order valence-corrected chi connectivity index (χ3v) is 7.43. The first-order valence-corrected chi connectivity index (χ1v) is 12.4. The van der Waals surface area contributed by atoms with E-state index in [-0.39, 0.29) is 31.1 Å². The molecule has 0 fully saturated rings. The van der Waals surface area contributed by atoms with Gasteiger partial charge < -0.3 is 9.41 Å². The molecule has 0 bridgehead atoms. The number of halogens is 2. The molecule has 0 nitrogen and oxygen atoms in total. The van der Waals surface area contributed by atoms with Crippen LogP contribution in [0.5, 0.6) is 0 Å². The fraction of sp³-hybridized carbons (Fsp3) is 0.0625. The molecule has 0 amide bonds. The zero-order chi connectivity index (χ0) is 22.6. The third kappa shape index (κ3) is 6.65. The van der Waals surface area contributed by atoms with E-state index in [0.717, 1.165) is 8.58 Å². The van der Waals surface area contributed by atoms with E-state index in [1.54, 1.807) is 0 Å². The molecular formula is C32H27F2PTi. The molecule has 6 rings (SSSR count). The van der Waals surface area contributed by atoms with Crippen LogP contribution in [0.1, 0.15) is 11.1 Å². The minimum atomic E-state index is 0. The molecule has 0 saturated heterocycles. The number of fused-ring (bicyclic) bond motifs is 2. The molecule has 6 aromatic carbocycles. The van der Waals surface area contributed by atoms with Gasteiger partial charge in [-0.2, -0.15) is 12.1 Å². The Bertz CT molecular complexity index is 1480. The molecule has 4 heteroatoms. The maximum absolute atomic E-state index is 2.31. The molecule has 0 aliphatic carbocycles. The number of aryl methyl sites for hydroxylation is 2. The second-order valence-corrected chi connectivity index (χ2v) is 9.89. The van der Waals surface area contributed by atoms with Crippen LogP contribution in [0.2, 0.25) is 0 Å². The minimum absolute atomic E-state index is 0. The van der Waals surface area contributed by atoms with Gasteiger partial charge in [0, 0.05) is 0 Å². The molecule has 0 heterocycles. The Morgan fingerprint density at radius 1 is 0.611 bits per heavy atom. The van der Waals surface area contributed by atoms with E-state index in [9.17, 15) is 0 Å². The van der Waals surface area contributed by atoms with Crippen molar-refractivity contribution < 1.29 is 31.1 Å². The largest absolute Gasteiger partial charge is 4.00 e. The van der Waals surface area contributed by atoms with E-state index in [0.29, 0.717) is 0 Å². The molecule has 6 aromatic rings. The summed E-state index contributed by atoms with van der Waals surface area (Å²) in [7, 11) is 0.759. The van der Waals surface area contributed by atoms with Crippen LogP contribution in [-0.4, -0.2) is 0 Å². The van der Waals surface area contributed by atoms with Gasteiger partial charge in [0.15, 0.2) is 0 Å². The first-order valence-electron chi connectivity index (χ1n) is 11.4. The maximum atomic E-state index is 2.31. The molecule has 0 aromatic heterocycles. The zero-order valence-corrected chi connectivity index (χ0v) is 22.9. The van der Waals surface area contributed by atoms with Crippen molar-refractivity contribution in [2.24, 2.45) is 0 Å². The Balaban J connectivity index is 0.000000234. The second-order valence-electron chi connectivity index (χ2n) is 8.52. The molecule has 0 aliphatic rings. The molecule has 0 saturated carbocycles. The average Bonchev–Trinajstić information content (AvgIpc) is 3.43. The van der Waals surface area contributed by atoms with Crippen molar-refractivity contribution in [3.05, 3.63) is 132 Å². The summed E-state index contributed by atoms with van der Waals surface area (Å²) in [6, 6.07) is 43.4. The standard InChI is InChI=1S/C16H14P.C16H13.2FH.Ti/c1-12-6-2-5-9-16(12)17-15-10-13-7-3-4-8-14(13)11-15;1-12-10-14-8-5-9-15(16(14)11-12)13-6-3-2-4-7-13;;;/h2-11,17H,1H3;2-11H,1H3;2*1H;/q2*-1;;;+4/p-2. The van der Waals surface area contributed by atoms with Crippen molar-refractivity contribution in [1.82, 2.24) is 0 Å². The SMILES string of the molecule is Cc1cc2c(-c3ccccc3)cccc2[cH-]1.Cc1ccccc1Pc1cc2ccccc2[cH-]1.[F-].[F-].[Ti+4]. The van der Waals surface area contributed by atoms with Crippen LogP contribution in [0, 0.1) is 13.8 Å². The molecule has 0 radical (unpaired) electrons. The molecule has 178 valence electrons. The van der Waals surface area contributed by atoms with Crippen LogP contribution < -0.4 is 20.0 Å². The fourth-order valence-corrected chi connectivity index (χ4v) is 5.57. The van der Waals surface area contributed by atoms with Gasteiger partial charge in [0.05, 0.1) is 0 Å². The van der Waals surface area contributed by atoms with Crippen LogP contribution in [-0.2, 0) is 21.7 Å². The predicted octanol–water partition coefficient (Wildman–Crippen LogP) is 2.04.